The summed E-state index contributed by atoms with van der Waals surface area (Å²) in [6, 6.07) is 3.43. The molecule has 0 aliphatic rings. The van der Waals surface area contributed by atoms with E-state index in [1.165, 1.54) is 6.07 Å². The van der Waals surface area contributed by atoms with Gasteiger partial charge in [0.2, 0.25) is 0 Å². The molecule has 1 aromatic heterocycles. The lowest BCUT2D eigenvalue weighted by molar-refractivity contribution is 0.164. The molecule has 0 aliphatic heterocycles. The SMILES string of the molecule is O=c1[nH]c(CNCC(O)c2c(F)cccc2F)cs1. The van der Waals surface area contributed by atoms with Crippen molar-refractivity contribution in [2.45, 2.75) is 12.6 Å². The zero-order valence-corrected chi connectivity index (χ0v) is 10.6. The molecule has 1 atom stereocenters. The fourth-order valence-electron chi connectivity index (χ4n) is 1.68. The fraction of sp³-hybridized carbons (Fsp3) is 0.250. The highest BCUT2D eigenvalue weighted by Crippen LogP contribution is 2.19. The van der Waals surface area contributed by atoms with E-state index in [0.29, 0.717) is 12.2 Å². The van der Waals surface area contributed by atoms with Crippen molar-refractivity contribution < 1.29 is 13.9 Å². The molecule has 0 radical (unpaired) electrons. The molecule has 102 valence electrons. The molecule has 0 aliphatic carbocycles. The van der Waals surface area contributed by atoms with Gasteiger partial charge in [-0.3, -0.25) is 4.79 Å². The fourth-order valence-corrected chi connectivity index (χ4v) is 2.26. The van der Waals surface area contributed by atoms with Crippen LogP contribution >= 0.6 is 11.3 Å². The van der Waals surface area contributed by atoms with Crippen molar-refractivity contribution in [3.05, 3.63) is 56.1 Å². The number of thiazole rings is 1. The second-order valence-electron chi connectivity index (χ2n) is 3.96. The molecule has 0 spiro atoms. The van der Waals surface area contributed by atoms with Gasteiger partial charge in [-0.25, -0.2) is 8.78 Å². The molecule has 0 fully saturated rings. The molecule has 19 heavy (non-hydrogen) atoms. The molecule has 7 heteroatoms. The first kappa shape index (κ1) is 13.9. The number of rotatable bonds is 5. The molecule has 4 nitrogen and oxygen atoms in total. The third-order valence-electron chi connectivity index (χ3n) is 2.56. The molecule has 1 unspecified atom stereocenters. The molecule has 1 heterocycles. The molecule has 0 bridgehead atoms. The molecular weight excluding hydrogens is 274 g/mol. The van der Waals surface area contributed by atoms with Gasteiger partial charge in [0.1, 0.15) is 11.6 Å². The van der Waals surface area contributed by atoms with Crippen molar-refractivity contribution in [1.29, 1.82) is 0 Å². The Bertz CT molecular complexity index is 592. The normalized spacial score (nSPS) is 12.6. The first-order chi connectivity index (χ1) is 9.08. The van der Waals surface area contributed by atoms with Gasteiger partial charge in [-0.2, -0.15) is 0 Å². The Morgan fingerprint density at radius 1 is 1.37 bits per heavy atom. The summed E-state index contributed by atoms with van der Waals surface area (Å²) in [5.41, 5.74) is 0.310. The van der Waals surface area contributed by atoms with E-state index in [-0.39, 0.29) is 17.0 Å². The van der Waals surface area contributed by atoms with Gasteiger partial charge in [0.05, 0.1) is 11.7 Å². The third-order valence-corrected chi connectivity index (χ3v) is 3.28. The molecule has 0 amide bonds. The van der Waals surface area contributed by atoms with E-state index < -0.39 is 17.7 Å². The number of aliphatic hydroxyl groups excluding tert-OH is 1. The van der Waals surface area contributed by atoms with Crippen LogP contribution in [0.2, 0.25) is 0 Å². The Kier molecular flexibility index (Phi) is 4.41. The number of benzene rings is 1. The summed E-state index contributed by atoms with van der Waals surface area (Å²) in [6.45, 7) is 0.293. The minimum Gasteiger partial charge on any atom is -0.387 e. The van der Waals surface area contributed by atoms with E-state index in [0.717, 1.165) is 23.5 Å². The van der Waals surface area contributed by atoms with E-state index in [2.05, 4.69) is 10.3 Å². The van der Waals surface area contributed by atoms with E-state index >= 15 is 0 Å². The smallest absolute Gasteiger partial charge is 0.304 e. The van der Waals surface area contributed by atoms with Gasteiger partial charge in [0.25, 0.3) is 0 Å². The molecule has 3 N–H and O–H groups in total. The number of aromatic nitrogens is 1. The molecule has 0 saturated carbocycles. The number of hydrogen-bond acceptors (Lipinski definition) is 4. The number of H-pyrrole nitrogens is 1. The van der Waals surface area contributed by atoms with E-state index in [1.54, 1.807) is 5.38 Å². The standard InChI is InChI=1S/C12H12F2N2O2S/c13-8-2-1-3-9(14)11(8)10(17)5-15-4-7-6-19-12(18)16-7/h1-3,6,10,15,17H,4-5H2,(H,16,18). The van der Waals surface area contributed by atoms with Crippen molar-refractivity contribution >= 4 is 11.3 Å². The predicted molar refractivity (Wildman–Crippen MR) is 68.0 cm³/mol. The second kappa shape index (κ2) is 6.05. The van der Waals surface area contributed by atoms with Crippen molar-refractivity contribution in [3.63, 3.8) is 0 Å². The number of aliphatic hydroxyl groups is 1. The second-order valence-corrected chi connectivity index (χ2v) is 4.80. The maximum atomic E-state index is 13.4. The monoisotopic (exact) mass is 286 g/mol. The Morgan fingerprint density at radius 3 is 2.63 bits per heavy atom. The van der Waals surface area contributed by atoms with Crippen LogP contribution in [-0.4, -0.2) is 16.6 Å². The summed E-state index contributed by atoms with van der Waals surface area (Å²) in [4.78, 5) is 13.3. The minimum absolute atomic E-state index is 0.0181. The van der Waals surface area contributed by atoms with Crippen molar-refractivity contribution in [2.75, 3.05) is 6.54 Å². The number of nitrogens with one attached hydrogen (secondary N) is 2. The summed E-state index contributed by atoms with van der Waals surface area (Å²) in [7, 11) is 0. The molecule has 2 rings (SSSR count). The van der Waals surface area contributed by atoms with E-state index in [1.807, 2.05) is 0 Å². The van der Waals surface area contributed by atoms with E-state index in [4.69, 9.17) is 0 Å². The van der Waals surface area contributed by atoms with Crippen molar-refractivity contribution in [1.82, 2.24) is 10.3 Å². The van der Waals surface area contributed by atoms with Gasteiger partial charge in [0.15, 0.2) is 0 Å². The third kappa shape index (κ3) is 3.46. The number of aromatic amines is 1. The lowest BCUT2D eigenvalue weighted by Gasteiger charge is -2.13. The highest BCUT2D eigenvalue weighted by Gasteiger charge is 2.17. The van der Waals surface area contributed by atoms with Crippen LogP contribution in [0, 0.1) is 11.6 Å². The highest BCUT2D eigenvalue weighted by molar-refractivity contribution is 7.07. The molecule has 2 aromatic rings. The maximum Gasteiger partial charge on any atom is 0.304 e. The first-order valence-electron chi connectivity index (χ1n) is 5.57. The van der Waals surface area contributed by atoms with Crippen LogP contribution in [0.4, 0.5) is 8.78 Å². The number of halogens is 2. The summed E-state index contributed by atoms with van der Waals surface area (Å²) in [6.07, 6.45) is -1.29. The Labute approximate surface area is 111 Å². The molecular formula is C12H12F2N2O2S. The lowest BCUT2D eigenvalue weighted by atomic mass is 10.1. The van der Waals surface area contributed by atoms with Crippen molar-refractivity contribution in [3.8, 4) is 0 Å². The Hall–Kier alpha value is -1.57. The van der Waals surface area contributed by atoms with Gasteiger partial charge in [-0.15, -0.1) is 0 Å². The number of hydrogen-bond donors (Lipinski definition) is 3. The Morgan fingerprint density at radius 2 is 2.05 bits per heavy atom. The highest BCUT2D eigenvalue weighted by atomic mass is 32.1. The topological polar surface area (TPSA) is 65.1 Å². The van der Waals surface area contributed by atoms with Gasteiger partial charge in [-0.1, -0.05) is 17.4 Å². The average molecular weight is 286 g/mol. The zero-order chi connectivity index (χ0) is 13.8. The Balaban J connectivity index is 1.94. The maximum absolute atomic E-state index is 13.4. The predicted octanol–water partition coefficient (Wildman–Crippen LogP) is 1.54. The summed E-state index contributed by atoms with van der Waals surface area (Å²) >= 11 is 1.03. The van der Waals surface area contributed by atoms with Gasteiger partial charge in [0, 0.05) is 24.2 Å². The van der Waals surface area contributed by atoms with E-state index in [9.17, 15) is 18.7 Å². The minimum atomic E-state index is -1.29. The van der Waals surface area contributed by atoms with Crippen LogP contribution < -0.4 is 10.2 Å². The molecule has 1 aromatic carbocycles. The summed E-state index contributed by atoms with van der Waals surface area (Å²) in [5, 5.41) is 14.2. The van der Waals surface area contributed by atoms with Crippen LogP contribution in [0.5, 0.6) is 0 Å². The quantitative estimate of drug-likeness (QED) is 0.781. The van der Waals surface area contributed by atoms with Crippen LogP contribution in [0.15, 0.2) is 28.4 Å². The average Bonchev–Trinajstić information content (AvgIpc) is 2.75. The van der Waals surface area contributed by atoms with Gasteiger partial charge in [-0.05, 0) is 12.1 Å². The summed E-state index contributed by atoms with van der Waals surface area (Å²) < 4.78 is 26.8. The van der Waals surface area contributed by atoms with Crippen molar-refractivity contribution in [2.24, 2.45) is 0 Å². The molecule has 0 saturated heterocycles. The zero-order valence-electron chi connectivity index (χ0n) is 9.82. The van der Waals surface area contributed by atoms with Crippen LogP contribution in [0.1, 0.15) is 17.4 Å². The summed E-state index contributed by atoms with van der Waals surface area (Å²) in [5.74, 6) is -1.56. The lowest BCUT2D eigenvalue weighted by Crippen LogP contribution is -2.23. The van der Waals surface area contributed by atoms with Gasteiger partial charge >= 0.3 is 4.87 Å². The largest absolute Gasteiger partial charge is 0.387 e. The van der Waals surface area contributed by atoms with Gasteiger partial charge < -0.3 is 15.4 Å². The van der Waals surface area contributed by atoms with Crippen LogP contribution in [-0.2, 0) is 6.54 Å². The van der Waals surface area contributed by atoms with Crippen LogP contribution in [0.3, 0.4) is 0 Å². The first-order valence-corrected chi connectivity index (χ1v) is 6.45. The van der Waals surface area contributed by atoms with Crippen LogP contribution in [0.25, 0.3) is 0 Å².